The van der Waals surface area contributed by atoms with E-state index in [4.69, 9.17) is 21.1 Å². The Morgan fingerprint density at radius 1 is 1.31 bits per heavy atom. The normalized spacial score (nSPS) is 9.46. The van der Waals surface area contributed by atoms with Gasteiger partial charge in [-0.15, -0.1) is 0 Å². The minimum absolute atomic E-state index is 0.331. The van der Waals surface area contributed by atoms with Gasteiger partial charge in [0, 0.05) is 0 Å². The number of carbonyl (C=O) groups is 1. The molecule has 13 heavy (non-hydrogen) atoms. The molecule has 0 atom stereocenters. The minimum Gasteiger partial charge on any atom is -0.496 e. The number of rotatable bonds is 3. The van der Waals surface area contributed by atoms with Crippen LogP contribution in [0, 0.1) is 0 Å². The van der Waals surface area contributed by atoms with E-state index in [9.17, 15) is 4.79 Å². The lowest BCUT2D eigenvalue weighted by atomic mass is 10.2. The summed E-state index contributed by atoms with van der Waals surface area (Å²) in [5.41, 5.74) is 0.331. The van der Waals surface area contributed by atoms with E-state index in [-0.39, 0.29) is 0 Å². The summed E-state index contributed by atoms with van der Waals surface area (Å²) in [6.07, 6.45) is 0.656. The maximum absolute atomic E-state index is 10.7. The molecular weight excluding hydrogens is 192 g/mol. The molecule has 0 fully saturated rings. The molecule has 0 aliphatic heterocycles. The standard InChI is InChI=1S/C9H9ClO3/c1-12-8-4-3-7(10)9(13-2)6(8)5-11/h3-5H,1-2H3. The van der Waals surface area contributed by atoms with Crippen molar-refractivity contribution in [3.05, 3.63) is 22.7 Å². The highest BCUT2D eigenvalue weighted by Gasteiger charge is 2.12. The Morgan fingerprint density at radius 3 is 2.46 bits per heavy atom. The quantitative estimate of drug-likeness (QED) is 0.702. The topological polar surface area (TPSA) is 35.5 Å². The summed E-state index contributed by atoms with van der Waals surface area (Å²) >= 11 is 5.80. The number of aldehydes is 1. The van der Waals surface area contributed by atoms with Crippen molar-refractivity contribution in [2.75, 3.05) is 14.2 Å². The molecule has 0 aromatic heterocycles. The Balaban J connectivity index is 3.36. The Hall–Kier alpha value is -1.22. The smallest absolute Gasteiger partial charge is 0.157 e. The summed E-state index contributed by atoms with van der Waals surface area (Å²) in [5.74, 6) is 0.798. The maximum atomic E-state index is 10.7. The molecule has 0 heterocycles. The Labute approximate surface area is 81.2 Å². The number of hydrogen-bond acceptors (Lipinski definition) is 3. The van der Waals surface area contributed by atoms with E-state index in [0.29, 0.717) is 28.4 Å². The van der Waals surface area contributed by atoms with Crippen molar-refractivity contribution in [1.29, 1.82) is 0 Å². The molecule has 1 aromatic carbocycles. The SMILES string of the molecule is COc1ccc(Cl)c(OC)c1C=O. The number of methoxy groups -OCH3 is 2. The fourth-order valence-corrected chi connectivity index (χ4v) is 1.29. The molecule has 0 radical (unpaired) electrons. The van der Waals surface area contributed by atoms with E-state index in [0.717, 1.165) is 0 Å². The first kappa shape index (κ1) is 9.86. The summed E-state index contributed by atoms with van der Waals surface area (Å²) in [7, 11) is 2.93. The Morgan fingerprint density at radius 2 is 2.00 bits per heavy atom. The zero-order valence-corrected chi connectivity index (χ0v) is 8.09. The molecule has 0 aliphatic carbocycles. The average molecular weight is 201 g/mol. The number of benzene rings is 1. The third-order valence-electron chi connectivity index (χ3n) is 1.65. The van der Waals surface area contributed by atoms with Gasteiger partial charge in [-0.3, -0.25) is 4.79 Å². The molecular formula is C9H9ClO3. The summed E-state index contributed by atoms with van der Waals surface area (Å²) in [6.45, 7) is 0. The van der Waals surface area contributed by atoms with Crippen molar-refractivity contribution in [3.63, 3.8) is 0 Å². The van der Waals surface area contributed by atoms with Gasteiger partial charge in [-0.25, -0.2) is 0 Å². The Bertz CT molecular complexity index is 323. The molecule has 1 aromatic rings. The second kappa shape index (κ2) is 4.14. The van der Waals surface area contributed by atoms with Crippen LogP contribution in [-0.2, 0) is 0 Å². The van der Waals surface area contributed by atoms with Crippen LogP contribution in [0.4, 0.5) is 0 Å². The lowest BCUT2D eigenvalue weighted by molar-refractivity contribution is 0.111. The third kappa shape index (κ3) is 1.75. The molecule has 1 rings (SSSR count). The fraction of sp³-hybridized carbons (Fsp3) is 0.222. The van der Waals surface area contributed by atoms with E-state index >= 15 is 0 Å². The van der Waals surface area contributed by atoms with Crippen molar-refractivity contribution in [2.45, 2.75) is 0 Å². The molecule has 0 unspecified atom stereocenters. The zero-order chi connectivity index (χ0) is 9.84. The van der Waals surface area contributed by atoms with Gasteiger partial charge in [0.25, 0.3) is 0 Å². The lowest BCUT2D eigenvalue weighted by Gasteiger charge is -2.09. The van der Waals surface area contributed by atoms with Crippen LogP contribution in [-0.4, -0.2) is 20.5 Å². The highest BCUT2D eigenvalue weighted by atomic mass is 35.5. The zero-order valence-electron chi connectivity index (χ0n) is 7.33. The van der Waals surface area contributed by atoms with E-state index < -0.39 is 0 Å². The van der Waals surface area contributed by atoms with E-state index in [1.165, 1.54) is 14.2 Å². The van der Waals surface area contributed by atoms with E-state index in [1.807, 2.05) is 0 Å². The molecule has 0 saturated heterocycles. The van der Waals surface area contributed by atoms with Crippen LogP contribution < -0.4 is 9.47 Å². The third-order valence-corrected chi connectivity index (χ3v) is 1.95. The second-order valence-corrected chi connectivity index (χ2v) is 2.72. The first-order valence-electron chi connectivity index (χ1n) is 3.60. The molecule has 0 N–H and O–H groups in total. The van der Waals surface area contributed by atoms with Crippen LogP contribution in [0.1, 0.15) is 10.4 Å². The molecule has 0 saturated carbocycles. The average Bonchev–Trinajstić information content (AvgIpc) is 2.17. The van der Waals surface area contributed by atoms with Gasteiger partial charge < -0.3 is 9.47 Å². The number of carbonyl (C=O) groups excluding carboxylic acids is 1. The molecule has 0 amide bonds. The van der Waals surface area contributed by atoms with Gasteiger partial charge in [0.05, 0.1) is 24.8 Å². The molecule has 0 aliphatic rings. The van der Waals surface area contributed by atoms with Crippen molar-refractivity contribution < 1.29 is 14.3 Å². The molecule has 0 bridgehead atoms. The largest absolute Gasteiger partial charge is 0.496 e. The number of halogens is 1. The molecule has 3 nitrogen and oxygen atoms in total. The van der Waals surface area contributed by atoms with Gasteiger partial charge in [-0.2, -0.15) is 0 Å². The van der Waals surface area contributed by atoms with E-state index in [1.54, 1.807) is 12.1 Å². The van der Waals surface area contributed by atoms with Crippen LogP contribution in [0.3, 0.4) is 0 Å². The Kier molecular flexibility index (Phi) is 3.14. The van der Waals surface area contributed by atoms with Crippen LogP contribution in [0.2, 0.25) is 5.02 Å². The lowest BCUT2D eigenvalue weighted by Crippen LogP contribution is -1.95. The predicted molar refractivity (Wildman–Crippen MR) is 49.9 cm³/mol. The predicted octanol–water partition coefficient (Wildman–Crippen LogP) is 2.17. The maximum Gasteiger partial charge on any atom is 0.157 e. The summed E-state index contributed by atoms with van der Waals surface area (Å²) in [5, 5.41) is 0.394. The van der Waals surface area contributed by atoms with Crippen LogP contribution in [0.15, 0.2) is 12.1 Å². The van der Waals surface area contributed by atoms with Crippen LogP contribution in [0.5, 0.6) is 11.5 Å². The van der Waals surface area contributed by atoms with Crippen molar-refractivity contribution in [1.82, 2.24) is 0 Å². The van der Waals surface area contributed by atoms with Gasteiger partial charge in [-0.05, 0) is 12.1 Å². The van der Waals surface area contributed by atoms with Gasteiger partial charge in [0.1, 0.15) is 5.75 Å². The first-order valence-corrected chi connectivity index (χ1v) is 3.98. The van der Waals surface area contributed by atoms with Gasteiger partial charge in [0.2, 0.25) is 0 Å². The van der Waals surface area contributed by atoms with Crippen LogP contribution >= 0.6 is 11.6 Å². The highest BCUT2D eigenvalue weighted by molar-refractivity contribution is 6.32. The van der Waals surface area contributed by atoms with Gasteiger partial charge in [-0.1, -0.05) is 11.6 Å². The van der Waals surface area contributed by atoms with Crippen molar-refractivity contribution in [3.8, 4) is 11.5 Å². The second-order valence-electron chi connectivity index (χ2n) is 2.31. The first-order chi connectivity index (χ1) is 6.24. The van der Waals surface area contributed by atoms with E-state index in [2.05, 4.69) is 0 Å². The van der Waals surface area contributed by atoms with Crippen molar-refractivity contribution in [2.24, 2.45) is 0 Å². The van der Waals surface area contributed by atoms with Gasteiger partial charge in [0.15, 0.2) is 12.0 Å². The highest BCUT2D eigenvalue weighted by Crippen LogP contribution is 2.33. The minimum atomic E-state index is 0.331. The van der Waals surface area contributed by atoms with Crippen LogP contribution in [0.25, 0.3) is 0 Å². The summed E-state index contributed by atoms with van der Waals surface area (Å²) in [6, 6.07) is 3.24. The number of ether oxygens (including phenoxy) is 2. The summed E-state index contributed by atoms with van der Waals surface area (Å²) in [4.78, 5) is 10.7. The monoisotopic (exact) mass is 200 g/mol. The van der Waals surface area contributed by atoms with Crippen molar-refractivity contribution >= 4 is 17.9 Å². The van der Waals surface area contributed by atoms with Gasteiger partial charge >= 0.3 is 0 Å². The molecule has 4 heteroatoms. The fourth-order valence-electron chi connectivity index (χ4n) is 1.05. The number of hydrogen-bond donors (Lipinski definition) is 0. The molecule has 0 spiro atoms. The molecule has 70 valence electrons. The summed E-state index contributed by atoms with van der Waals surface area (Å²) < 4.78 is 9.93.